The van der Waals surface area contributed by atoms with Crippen molar-refractivity contribution < 1.29 is 0 Å². The molecule has 4 bridgehead atoms. The minimum atomic E-state index is 0.644. The molecule has 2 nitrogen and oxygen atoms in total. The van der Waals surface area contributed by atoms with Crippen molar-refractivity contribution in [3.05, 3.63) is 0 Å². The van der Waals surface area contributed by atoms with Crippen LogP contribution in [-0.2, 0) is 0 Å². The van der Waals surface area contributed by atoms with Crippen LogP contribution in [0, 0.1) is 23.2 Å². The molecule has 4 saturated carbocycles. The molecule has 0 aromatic carbocycles. The zero-order chi connectivity index (χ0) is 13.5. The first-order chi connectivity index (χ1) is 9.15. The maximum Gasteiger partial charge on any atom is 0.0248 e. The number of hydrogen-bond acceptors (Lipinski definition) is 2. The Bertz CT molecular complexity index is 277. The minimum Gasteiger partial charge on any atom is -0.315 e. The van der Waals surface area contributed by atoms with Gasteiger partial charge >= 0.3 is 0 Å². The summed E-state index contributed by atoms with van der Waals surface area (Å²) < 4.78 is 0. The molecule has 0 aliphatic heterocycles. The topological polar surface area (TPSA) is 15.3 Å². The molecule has 0 radical (unpaired) electrons. The average molecular weight is 264 g/mol. The molecule has 0 aromatic rings. The van der Waals surface area contributed by atoms with Gasteiger partial charge in [0.05, 0.1) is 0 Å². The molecular weight excluding hydrogens is 232 g/mol. The van der Waals surface area contributed by atoms with E-state index in [2.05, 4.69) is 31.2 Å². The van der Waals surface area contributed by atoms with E-state index in [1.54, 1.807) is 19.3 Å². The van der Waals surface area contributed by atoms with Gasteiger partial charge in [0.25, 0.3) is 0 Å². The lowest BCUT2D eigenvalue weighted by atomic mass is 9.47. The van der Waals surface area contributed by atoms with E-state index < -0.39 is 0 Å². The molecule has 0 spiro atoms. The zero-order valence-electron chi connectivity index (χ0n) is 13.1. The van der Waals surface area contributed by atoms with Crippen LogP contribution in [0.4, 0.5) is 0 Å². The summed E-state index contributed by atoms with van der Waals surface area (Å²) in [5.74, 6) is 3.20. The van der Waals surface area contributed by atoms with Crippen molar-refractivity contribution in [1.82, 2.24) is 10.2 Å². The molecule has 0 aromatic heterocycles. The second-order valence-corrected chi connectivity index (χ2v) is 7.88. The van der Waals surface area contributed by atoms with Gasteiger partial charge in [-0.15, -0.1) is 0 Å². The number of nitrogens with zero attached hydrogens (tertiary/aromatic N) is 1. The number of hydrogen-bond donors (Lipinski definition) is 1. The molecule has 4 fully saturated rings. The van der Waals surface area contributed by atoms with Crippen LogP contribution in [0.25, 0.3) is 0 Å². The Morgan fingerprint density at radius 3 is 2.05 bits per heavy atom. The van der Waals surface area contributed by atoms with E-state index in [9.17, 15) is 0 Å². The maximum absolute atomic E-state index is 3.71. The second-order valence-electron chi connectivity index (χ2n) is 7.88. The highest BCUT2D eigenvalue weighted by Crippen LogP contribution is 2.61. The first-order valence-electron chi connectivity index (χ1n) is 8.51. The fourth-order valence-corrected chi connectivity index (χ4v) is 5.98. The number of rotatable bonds is 6. The lowest BCUT2D eigenvalue weighted by Crippen LogP contribution is -2.58. The summed E-state index contributed by atoms with van der Waals surface area (Å²) >= 11 is 0. The van der Waals surface area contributed by atoms with Crippen molar-refractivity contribution in [2.75, 3.05) is 27.2 Å². The van der Waals surface area contributed by atoms with E-state index in [1.165, 1.54) is 38.8 Å². The van der Waals surface area contributed by atoms with E-state index in [1.807, 2.05) is 0 Å². The summed E-state index contributed by atoms with van der Waals surface area (Å²) in [6.45, 7) is 4.77. The van der Waals surface area contributed by atoms with E-state index in [0.717, 1.165) is 23.8 Å². The summed E-state index contributed by atoms with van der Waals surface area (Å²) in [4.78, 5) is 2.54. The Hall–Kier alpha value is -0.0800. The fraction of sp³-hybridized carbons (Fsp3) is 1.00. The summed E-state index contributed by atoms with van der Waals surface area (Å²) in [5, 5.41) is 3.71. The van der Waals surface area contributed by atoms with Gasteiger partial charge in [-0.25, -0.2) is 0 Å². The molecule has 0 heterocycles. The monoisotopic (exact) mass is 264 g/mol. The van der Waals surface area contributed by atoms with Crippen molar-refractivity contribution in [3.8, 4) is 0 Å². The van der Waals surface area contributed by atoms with E-state index in [4.69, 9.17) is 0 Å². The largest absolute Gasteiger partial charge is 0.315 e. The Labute approximate surface area is 119 Å². The van der Waals surface area contributed by atoms with Gasteiger partial charge in [0, 0.05) is 12.6 Å². The van der Waals surface area contributed by atoms with Crippen molar-refractivity contribution in [3.63, 3.8) is 0 Å². The predicted octanol–water partition coefficient (Wildman–Crippen LogP) is 3.13. The normalized spacial score (nSPS) is 42.0. The Balaban J connectivity index is 1.71. The third-order valence-corrected chi connectivity index (χ3v) is 6.27. The first kappa shape index (κ1) is 13.9. The standard InChI is InChI=1S/C17H32N2/c1-4-5-19(3)12-16(18-2)17-9-13-6-14(10-17)8-15(7-13)11-17/h13-16,18H,4-12H2,1-3H3. The van der Waals surface area contributed by atoms with Crippen molar-refractivity contribution in [2.24, 2.45) is 23.2 Å². The number of nitrogens with one attached hydrogen (secondary N) is 1. The molecule has 4 aliphatic rings. The SMILES string of the molecule is CCCN(C)CC(NC)C12CC3CC(CC(C3)C1)C2. The van der Waals surface area contributed by atoms with Gasteiger partial charge in [-0.05, 0) is 88.8 Å². The summed E-state index contributed by atoms with van der Waals surface area (Å²) in [6.07, 6.45) is 10.5. The van der Waals surface area contributed by atoms with Crippen molar-refractivity contribution in [1.29, 1.82) is 0 Å². The molecule has 2 heteroatoms. The summed E-state index contributed by atoms with van der Waals surface area (Å²) in [6, 6.07) is 0.720. The quantitative estimate of drug-likeness (QED) is 0.793. The van der Waals surface area contributed by atoms with Crippen LogP contribution in [0.5, 0.6) is 0 Å². The molecule has 19 heavy (non-hydrogen) atoms. The molecule has 110 valence electrons. The highest BCUT2D eigenvalue weighted by Gasteiger charge is 2.53. The Morgan fingerprint density at radius 1 is 1.11 bits per heavy atom. The molecule has 1 unspecified atom stereocenters. The molecule has 1 atom stereocenters. The molecule has 1 N–H and O–H groups in total. The maximum atomic E-state index is 3.71. The van der Waals surface area contributed by atoms with Crippen LogP contribution in [0.3, 0.4) is 0 Å². The summed E-state index contributed by atoms with van der Waals surface area (Å²) in [5.41, 5.74) is 0.644. The van der Waals surface area contributed by atoms with Crippen molar-refractivity contribution in [2.45, 2.75) is 57.9 Å². The van der Waals surface area contributed by atoms with Gasteiger partial charge in [-0.3, -0.25) is 0 Å². The smallest absolute Gasteiger partial charge is 0.0248 e. The van der Waals surface area contributed by atoms with Crippen molar-refractivity contribution >= 4 is 0 Å². The third kappa shape index (κ3) is 2.58. The predicted molar refractivity (Wildman–Crippen MR) is 81.2 cm³/mol. The van der Waals surface area contributed by atoms with Crippen LogP contribution in [0.2, 0.25) is 0 Å². The minimum absolute atomic E-state index is 0.644. The highest BCUT2D eigenvalue weighted by atomic mass is 15.1. The molecule has 0 saturated heterocycles. The lowest BCUT2D eigenvalue weighted by Gasteiger charge is -2.59. The van der Waals surface area contributed by atoms with Gasteiger partial charge in [-0.2, -0.15) is 0 Å². The first-order valence-corrected chi connectivity index (χ1v) is 8.51. The average Bonchev–Trinajstić information content (AvgIpc) is 2.34. The van der Waals surface area contributed by atoms with E-state index >= 15 is 0 Å². The van der Waals surface area contributed by atoms with E-state index in [0.29, 0.717) is 5.41 Å². The second kappa shape index (κ2) is 5.37. The van der Waals surface area contributed by atoms with Gasteiger partial charge in [-0.1, -0.05) is 6.92 Å². The van der Waals surface area contributed by atoms with Crippen LogP contribution in [0.1, 0.15) is 51.9 Å². The van der Waals surface area contributed by atoms with E-state index in [-0.39, 0.29) is 0 Å². The van der Waals surface area contributed by atoms with Crippen LogP contribution in [0.15, 0.2) is 0 Å². The Morgan fingerprint density at radius 2 is 1.63 bits per heavy atom. The van der Waals surface area contributed by atoms with Crippen LogP contribution in [-0.4, -0.2) is 38.1 Å². The number of likely N-dealkylation sites (N-methyl/N-ethyl adjacent to an activating group) is 2. The highest BCUT2D eigenvalue weighted by molar-refractivity contribution is 5.06. The van der Waals surface area contributed by atoms with Gasteiger partial charge in [0.1, 0.15) is 0 Å². The third-order valence-electron chi connectivity index (χ3n) is 6.27. The lowest BCUT2D eigenvalue weighted by molar-refractivity contribution is -0.0765. The molecular formula is C17H32N2. The fourth-order valence-electron chi connectivity index (χ4n) is 5.98. The van der Waals surface area contributed by atoms with Gasteiger partial charge in [0.15, 0.2) is 0 Å². The molecule has 4 aliphatic carbocycles. The van der Waals surface area contributed by atoms with Crippen LogP contribution < -0.4 is 5.32 Å². The summed E-state index contributed by atoms with van der Waals surface area (Å²) in [7, 11) is 4.50. The van der Waals surface area contributed by atoms with Gasteiger partial charge < -0.3 is 10.2 Å². The van der Waals surface area contributed by atoms with Gasteiger partial charge in [0.2, 0.25) is 0 Å². The van der Waals surface area contributed by atoms with Crippen LogP contribution >= 0.6 is 0 Å². The molecule has 4 rings (SSSR count). The molecule has 0 amide bonds. The zero-order valence-corrected chi connectivity index (χ0v) is 13.1. The Kier molecular flexibility index (Phi) is 3.92.